The van der Waals surface area contributed by atoms with E-state index in [2.05, 4.69) is 32.0 Å². The normalized spacial score (nSPS) is 12.1. The van der Waals surface area contributed by atoms with Gasteiger partial charge >= 0.3 is 0 Å². The molecule has 0 aliphatic rings. The van der Waals surface area contributed by atoms with E-state index in [0.717, 1.165) is 22.6 Å². The number of nitrogens with two attached hydrogens (primary N) is 1. The van der Waals surface area contributed by atoms with Crippen molar-refractivity contribution >= 4 is 0 Å². The van der Waals surface area contributed by atoms with Gasteiger partial charge in [-0.3, -0.25) is 0 Å². The van der Waals surface area contributed by atoms with Crippen molar-refractivity contribution < 1.29 is 9.47 Å². The minimum atomic E-state index is -0.195. The van der Waals surface area contributed by atoms with Crippen LogP contribution in [-0.2, 0) is 0 Å². The van der Waals surface area contributed by atoms with E-state index >= 15 is 0 Å². The van der Waals surface area contributed by atoms with Crippen molar-refractivity contribution in [3.8, 4) is 11.5 Å². The molecule has 20 heavy (non-hydrogen) atoms. The van der Waals surface area contributed by atoms with E-state index < -0.39 is 0 Å². The van der Waals surface area contributed by atoms with Crippen LogP contribution < -0.4 is 15.2 Å². The van der Waals surface area contributed by atoms with Crippen molar-refractivity contribution in [2.24, 2.45) is 5.73 Å². The van der Waals surface area contributed by atoms with Crippen molar-refractivity contribution in [1.82, 2.24) is 0 Å². The number of benzene rings is 2. The Hall–Kier alpha value is -2.00. The maximum atomic E-state index is 6.42. The summed E-state index contributed by atoms with van der Waals surface area (Å²) in [6.07, 6.45) is 0. The summed E-state index contributed by atoms with van der Waals surface area (Å²) < 4.78 is 10.6. The number of hydrogen-bond donors (Lipinski definition) is 1. The van der Waals surface area contributed by atoms with Gasteiger partial charge in [0.2, 0.25) is 0 Å². The highest BCUT2D eigenvalue weighted by Crippen LogP contribution is 2.30. The number of rotatable bonds is 4. The molecule has 2 aromatic rings. The number of aryl methyl sites for hydroxylation is 2. The first-order chi connectivity index (χ1) is 9.55. The molecule has 3 heteroatoms. The number of ether oxygens (including phenoxy) is 2. The lowest BCUT2D eigenvalue weighted by molar-refractivity contribution is 0.393. The van der Waals surface area contributed by atoms with Crippen molar-refractivity contribution in [3.05, 3.63) is 58.7 Å². The molecule has 1 unspecified atom stereocenters. The Labute approximate surface area is 120 Å². The second-order valence-corrected chi connectivity index (χ2v) is 4.98. The van der Waals surface area contributed by atoms with Crippen LogP contribution >= 0.6 is 0 Å². The van der Waals surface area contributed by atoms with Gasteiger partial charge in [0.05, 0.1) is 20.3 Å². The lowest BCUT2D eigenvalue weighted by Gasteiger charge is -2.18. The summed E-state index contributed by atoms with van der Waals surface area (Å²) in [5.74, 6) is 1.50. The monoisotopic (exact) mass is 271 g/mol. The minimum Gasteiger partial charge on any atom is -0.497 e. The molecule has 0 heterocycles. The summed E-state index contributed by atoms with van der Waals surface area (Å²) >= 11 is 0. The standard InChI is InChI=1S/C17H21NO2/c1-11-5-6-12(2)16(7-11)17(18)13-8-14(19-3)10-15(9-13)20-4/h5-10,17H,18H2,1-4H3. The van der Waals surface area contributed by atoms with Crippen molar-refractivity contribution in [2.75, 3.05) is 14.2 Å². The average molecular weight is 271 g/mol. The van der Waals surface area contributed by atoms with E-state index in [-0.39, 0.29) is 6.04 Å². The van der Waals surface area contributed by atoms with Crippen LogP contribution in [-0.4, -0.2) is 14.2 Å². The fourth-order valence-corrected chi connectivity index (χ4v) is 2.28. The minimum absolute atomic E-state index is 0.195. The molecule has 2 aromatic carbocycles. The van der Waals surface area contributed by atoms with E-state index in [1.165, 1.54) is 11.1 Å². The summed E-state index contributed by atoms with van der Waals surface area (Å²) in [7, 11) is 3.28. The van der Waals surface area contributed by atoms with E-state index in [1.807, 2.05) is 18.2 Å². The second-order valence-electron chi connectivity index (χ2n) is 4.98. The molecule has 106 valence electrons. The van der Waals surface area contributed by atoms with Gasteiger partial charge < -0.3 is 15.2 Å². The van der Waals surface area contributed by atoms with E-state index in [1.54, 1.807) is 14.2 Å². The van der Waals surface area contributed by atoms with Gasteiger partial charge in [-0.15, -0.1) is 0 Å². The molecule has 0 aliphatic carbocycles. The van der Waals surface area contributed by atoms with Crippen LogP contribution in [0, 0.1) is 13.8 Å². The van der Waals surface area contributed by atoms with Gasteiger partial charge in [0, 0.05) is 6.07 Å². The molecule has 0 amide bonds. The molecule has 0 aromatic heterocycles. The molecule has 2 rings (SSSR count). The van der Waals surface area contributed by atoms with Crippen LogP contribution in [0.3, 0.4) is 0 Å². The van der Waals surface area contributed by atoms with Gasteiger partial charge in [-0.2, -0.15) is 0 Å². The predicted octanol–water partition coefficient (Wildman–Crippen LogP) is 3.37. The maximum Gasteiger partial charge on any atom is 0.122 e. The summed E-state index contributed by atoms with van der Waals surface area (Å²) in [6, 6.07) is 11.9. The second kappa shape index (κ2) is 5.97. The van der Waals surface area contributed by atoms with Crippen LogP contribution in [0.15, 0.2) is 36.4 Å². The highest BCUT2D eigenvalue weighted by atomic mass is 16.5. The summed E-state index contributed by atoms with van der Waals surface area (Å²) in [5, 5.41) is 0. The molecule has 0 saturated carbocycles. The predicted molar refractivity (Wildman–Crippen MR) is 81.5 cm³/mol. The molecule has 0 radical (unpaired) electrons. The largest absolute Gasteiger partial charge is 0.497 e. The summed E-state index contributed by atoms with van der Waals surface area (Å²) in [5.41, 5.74) is 10.9. The third-order valence-electron chi connectivity index (χ3n) is 3.50. The Balaban J connectivity index is 2.46. The van der Waals surface area contributed by atoms with E-state index in [4.69, 9.17) is 15.2 Å². The van der Waals surface area contributed by atoms with Crippen LogP contribution in [0.25, 0.3) is 0 Å². The van der Waals surface area contributed by atoms with Gasteiger partial charge in [0.1, 0.15) is 11.5 Å². The molecule has 3 nitrogen and oxygen atoms in total. The fourth-order valence-electron chi connectivity index (χ4n) is 2.28. The molecule has 0 bridgehead atoms. The zero-order valence-corrected chi connectivity index (χ0v) is 12.4. The first-order valence-electron chi connectivity index (χ1n) is 6.61. The molecule has 1 atom stereocenters. The third-order valence-corrected chi connectivity index (χ3v) is 3.50. The topological polar surface area (TPSA) is 44.5 Å². The molecule has 0 aliphatic heterocycles. The molecular formula is C17H21NO2. The Bertz CT molecular complexity index is 586. The van der Waals surface area contributed by atoms with Crippen molar-refractivity contribution in [2.45, 2.75) is 19.9 Å². The van der Waals surface area contributed by atoms with Gasteiger partial charge in [0.15, 0.2) is 0 Å². The fraction of sp³-hybridized carbons (Fsp3) is 0.294. The SMILES string of the molecule is COc1cc(OC)cc(C(N)c2cc(C)ccc2C)c1. The smallest absolute Gasteiger partial charge is 0.122 e. The quantitative estimate of drug-likeness (QED) is 0.927. The van der Waals surface area contributed by atoms with Crippen LogP contribution in [0.4, 0.5) is 0 Å². The number of methoxy groups -OCH3 is 2. The lowest BCUT2D eigenvalue weighted by atomic mass is 9.94. The highest BCUT2D eigenvalue weighted by molar-refractivity contribution is 5.45. The Morgan fingerprint density at radius 3 is 2.05 bits per heavy atom. The van der Waals surface area contributed by atoms with E-state index in [9.17, 15) is 0 Å². The maximum absolute atomic E-state index is 6.42. The molecule has 0 fully saturated rings. The Morgan fingerprint density at radius 2 is 1.50 bits per heavy atom. The molecule has 0 saturated heterocycles. The van der Waals surface area contributed by atoms with Gasteiger partial charge in [-0.05, 0) is 42.7 Å². The zero-order chi connectivity index (χ0) is 14.7. The third kappa shape index (κ3) is 2.94. The Morgan fingerprint density at radius 1 is 0.900 bits per heavy atom. The van der Waals surface area contributed by atoms with Crippen molar-refractivity contribution in [3.63, 3.8) is 0 Å². The van der Waals surface area contributed by atoms with Gasteiger partial charge in [-0.25, -0.2) is 0 Å². The van der Waals surface area contributed by atoms with Crippen molar-refractivity contribution in [1.29, 1.82) is 0 Å². The highest BCUT2D eigenvalue weighted by Gasteiger charge is 2.14. The number of hydrogen-bond acceptors (Lipinski definition) is 3. The zero-order valence-electron chi connectivity index (χ0n) is 12.4. The van der Waals surface area contributed by atoms with Gasteiger partial charge in [-0.1, -0.05) is 23.8 Å². The average Bonchev–Trinajstić information content (AvgIpc) is 2.48. The molecule has 2 N–H and O–H groups in total. The first-order valence-corrected chi connectivity index (χ1v) is 6.61. The van der Waals surface area contributed by atoms with E-state index in [0.29, 0.717) is 0 Å². The van der Waals surface area contributed by atoms with Crippen LogP contribution in [0.1, 0.15) is 28.3 Å². The summed E-state index contributed by atoms with van der Waals surface area (Å²) in [6.45, 7) is 4.15. The lowest BCUT2D eigenvalue weighted by Crippen LogP contribution is -2.13. The summed E-state index contributed by atoms with van der Waals surface area (Å²) in [4.78, 5) is 0. The van der Waals surface area contributed by atoms with Crippen LogP contribution in [0.5, 0.6) is 11.5 Å². The first kappa shape index (κ1) is 14.4. The molecule has 0 spiro atoms. The molecular weight excluding hydrogens is 250 g/mol. The van der Waals surface area contributed by atoms with Crippen LogP contribution in [0.2, 0.25) is 0 Å². The Kier molecular flexibility index (Phi) is 4.30. The van der Waals surface area contributed by atoms with Gasteiger partial charge in [0.25, 0.3) is 0 Å².